The zero-order chi connectivity index (χ0) is 10.9. The molecule has 0 aromatic carbocycles. The molecule has 1 rings (SSSR count). The van der Waals surface area contributed by atoms with E-state index in [0.29, 0.717) is 0 Å². The van der Waals surface area contributed by atoms with Gasteiger partial charge in [0, 0.05) is 6.04 Å². The van der Waals surface area contributed by atoms with E-state index in [4.69, 9.17) is 0 Å². The zero-order valence-electron chi connectivity index (χ0n) is 10.3. The van der Waals surface area contributed by atoms with Gasteiger partial charge in [0.05, 0.1) is 0 Å². The highest BCUT2D eigenvalue weighted by Gasteiger charge is 2.20. The molecule has 1 atom stereocenters. The molecule has 0 spiro atoms. The Morgan fingerprint density at radius 2 is 1.93 bits per heavy atom. The first-order chi connectivity index (χ1) is 7.38. The van der Waals surface area contributed by atoms with Crippen LogP contribution >= 0.6 is 0 Å². The van der Waals surface area contributed by atoms with E-state index in [-0.39, 0.29) is 0 Å². The first kappa shape index (κ1) is 12.8. The Bertz CT molecular complexity index is 157. The van der Waals surface area contributed by atoms with Crippen LogP contribution < -0.4 is 5.32 Å². The van der Waals surface area contributed by atoms with E-state index in [1.165, 1.54) is 44.9 Å². The summed E-state index contributed by atoms with van der Waals surface area (Å²) in [6.45, 7) is 7.16. The van der Waals surface area contributed by atoms with E-state index in [1.54, 1.807) is 0 Å². The molecule has 1 saturated carbocycles. The van der Waals surface area contributed by atoms with Crippen LogP contribution in [0.25, 0.3) is 0 Å². The molecule has 0 bridgehead atoms. The fourth-order valence-electron chi connectivity index (χ4n) is 2.78. The van der Waals surface area contributed by atoms with Crippen LogP contribution in [0.4, 0.5) is 0 Å². The predicted octanol–water partition coefficient (Wildman–Crippen LogP) is 3.90. The van der Waals surface area contributed by atoms with E-state index < -0.39 is 0 Å². The fourth-order valence-corrected chi connectivity index (χ4v) is 2.78. The van der Waals surface area contributed by atoms with Gasteiger partial charge in [0.25, 0.3) is 0 Å². The summed E-state index contributed by atoms with van der Waals surface area (Å²) in [6.07, 6.45) is 13.2. The lowest BCUT2D eigenvalue weighted by Crippen LogP contribution is -2.35. The molecule has 88 valence electrons. The topological polar surface area (TPSA) is 12.0 Å². The number of allylic oxidation sites excluding steroid dienone is 1. The maximum absolute atomic E-state index is 3.83. The van der Waals surface area contributed by atoms with Gasteiger partial charge >= 0.3 is 0 Å². The van der Waals surface area contributed by atoms with Crippen LogP contribution in [-0.4, -0.2) is 12.6 Å². The lowest BCUT2D eigenvalue weighted by Gasteiger charge is -2.26. The Morgan fingerprint density at radius 3 is 2.47 bits per heavy atom. The molecule has 0 radical (unpaired) electrons. The van der Waals surface area contributed by atoms with Gasteiger partial charge in [-0.25, -0.2) is 0 Å². The second-order valence-electron chi connectivity index (χ2n) is 4.78. The average molecular weight is 209 g/mol. The van der Waals surface area contributed by atoms with Crippen LogP contribution in [0.1, 0.15) is 58.3 Å². The van der Waals surface area contributed by atoms with Crippen LogP contribution in [0.2, 0.25) is 0 Å². The Balaban J connectivity index is 2.39. The Morgan fingerprint density at radius 1 is 1.27 bits per heavy atom. The Hall–Kier alpha value is -0.300. The third kappa shape index (κ3) is 4.83. The molecule has 0 heterocycles. The van der Waals surface area contributed by atoms with Gasteiger partial charge in [-0.15, -0.1) is 6.58 Å². The lowest BCUT2D eigenvalue weighted by molar-refractivity contribution is 0.310. The van der Waals surface area contributed by atoms with Crippen molar-refractivity contribution in [2.24, 2.45) is 5.92 Å². The van der Waals surface area contributed by atoms with Crippen molar-refractivity contribution < 1.29 is 0 Å². The fraction of sp³-hybridized carbons (Fsp3) is 0.857. The highest BCUT2D eigenvalue weighted by Crippen LogP contribution is 2.27. The Labute approximate surface area is 95.3 Å². The molecule has 1 N–H and O–H groups in total. The molecule has 1 aliphatic rings. The summed E-state index contributed by atoms with van der Waals surface area (Å²) in [7, 11) is 0. The van der Waals surface area contributed by atoms with Crippen molar-refractivity contribution in [3.63, 3.8) is 0 Å². The van der Waals surface area contributed by atoms with Crippen molar-refractivity contribution in [2.75, 3.05) is 6.54 Å². The largest absolute Gasteiger partial charge is 0.314 e. The number of hydrogen-bond donors (Lipinski definition) is 1. The van der Waals surface area contributed by atoms with E-state index >= 15 is 0 Å². The summed E-state index contributed by atoms with van der Waals surface area (Å²) in [5.74, 6) is 0.924. The number of rotatable bonds is 6. The van der Waals surface area contributed by atoms with Crippen LogP contribution in [-0.2, 0) is 0 Å². The highest BCUT2D eigenvalue weighted by molar-refractivity contribution is 4.81. The minimum absolute atomic E-state index is 0.742. The lowest BCUT2D eigenvalue weighted by atomic mass is 9.89. The van der Waals surface area contributed by atoms with Gasteiger partial charge in [-0.2, -0.15) is 0 Å². The number of hydrogen-bond acceptors (Lipinski definition) is 1. The third-order valence-corrected chi connectivity index (χ3v) is 3.62. The monoisotopic (exact) mass is 209 g/mol. The maximum atomic E-state index is 3.83. The van der Waals surface area contributed by atoms with E-state index in [1.807, 2.05) is 0 Å². The van der Waals surface area contributed by atoms with Crippen LogP contribution in [0.15, 0.2) is 12.7 Å². The predicted molar refractivity (Wildman–Crippen MR) is 68.1 cm³/mol. The van der Waals surface area contributed by atoms with Gasteiger partial charge in [0.2, 0.25) is 0 Å². The van der Waals surface area contributed by atoms with Crippen molar-refractivity contribution in [1.29, 1.82) is 0 Å². The van der Waals surface area contributed by atoms with Crippen LogP contribution in [0.3, 0.4) is 0 Å². The standard InChI is InChI=1S/C14H27N/c1-3-5-12-14(15-4-2)13-10-8-6-7-9-11-13/h3,13-15H,1,4-12H2,2H3. The number of nitrogens with one attached hydrogen (secondary N) is 1. The van der Waals surface area contributed by atoms with Gasteiger partial charge in [0.1, 0.15) is 0 Å². The van der Waals surface area contributed by atoms with Crippen LogP contribution in [0.5, 0.6) is 0 Å². The maximum Gasteiger partial charge on any atom is 0.00981 e. The Kier molecular flexibility index (Phi) is 6.74. The summed E-state index contributed by atoms with van der Waals surface area (Å²) in [4.78, 5) is 0. The van der Waals surface area contributed by atoms with Gasteiger partial charge in [-0.05, 0) is 38.1 Å². The molecule has 1 nitrogen and oxygen atoms in total. The molecule has 0 aromatic heterocycles. The molecule has 1 aliphatic carbocycles. The van der Waals surface area contributed by atoms with E-state index in [2.05, 4.69) is 24.9 Å². The van der Waals surface area contributed by atoms with Gasteiger partial charge in [0.15, 0.2) is 0 Å². The van der Waals surface area contributed by atoms with E-state index in [9.17, 15) is 0 Å². The molecule has 0 aliphatic heterocycles. The minimum atomic E-state index is 0.742. The van der Waals surface area contributed by atoms with Gasteiger partial charge in [-0.1, -0.05) is 38.7 Å². The second-order valence-corrected chi connectivity index (χ2v) is 4.78. The molecule has 1 unspecified atom stereocenters. The normalized spacial score (nSPS) is 20.9. The van der Waals surface area contributed by atoms with Crippen molar-refractivity contribution in [3.05, 3.63) is 12.7 Å². The van der Waals surface area contributed by atoms with Gasteiger partial charge < -0.3 is 5.32 Å². The SMILES string of the molecule is C=CCCC(NCC)C1CCCCCC1. The van der Waals surface area contributed by atoms with Crippen molar-refractivity contribution >= 4 is 0 Å². The summed E-state index contributed by atoms with van der Waals surface area (Å²) in [5, 5.41) is 3.67. The smallest absolute Gasteiger partial charge is 0.00981 e. The molecule has 0 aromatic rings. The summed E-state index contributed by atoms with van der Waals surface area (Å²) < 4.78 is 0. The minimum Gasteiger partial charge on any atom is -0.314 e. The highest BCUT2D eigenvalue weighted by atomic mass is 14.9. The third-order valence-electron chi connectivity index (χ3n) is 3.62. The first-order valence-corrected chi connectivity index (χ1v) is 6.72. The molecular formula is C14H27N. The summed E-state index contributed by atoms with van der Waals surface area (Å²) in [6, 6.07) is 0.742. The zero-order valence-corrected chi connectivity index (χ0v) is 10.3. The van der Waals surface area contributed by atoms with Gasteiger partial charge in [-0.3, -0.25) is 0 Å². The molecule has 15 heavy (non-hydrogen) atoms. The molecule has 0 saturated heterocycles. The van der Waals surface area contributed by atoms with Crippen molar-refractivity contribution in [1.82, 2.24) is 5.32 Å². The second kappa shape index (κ2) is 7.92. The van der Waals surface area contributed by atoms with Crippen LogP contribution in [0, 0.1) is 5.92 Å². The quantitative estimate of drug-likeness (QED) is 0.517. The van der Waals surface area contributed by atoms with Crippen molar-refractivity contribution in [2.45, 2.75) is 64.3 Å². The molecular weight excluding hydrogens is 182 g/mol. The summed E-state index contributed by atoms with van der Waals surface area (Å²) >= 11 is 0. The summed E-state index contributed by atoms with van der Waals surface area (Å²) in [5.41, 5.74) is 0. The molecule has 0 amide bonds. The average Bonchev–Trinajstić information content (AvgIpc) is 2.52. The van der Waals surface area contributed by atoms with Crippen molar-refractivity contribution in [3.8, 4) is 0 Å². The van der Waals surface area contributed by atoms with E-state index in [0.717, 1.165) is 24.9 Å². The molecule has 1 fully saturated rings. The first-order valence-electron chi connectivity index (χ1n) is 6.72. The molecule has 1 heteroatoms.